The molecule has 0 saturated heterocycles. The molecule has 3 aromatic rings. The van der Waals surface area contributed by atoms with E-state index in [-0.39, 0.29) is 11.6 Å². The Labute approximate surface area is 136 Å². The van der Waals surface area contributed by atoms with Crippen LogP contribution in [-0.2, 0) is 0 Å². The quantitative estimate of drug-likeness (QED) is 0.751. The predicted molar refractivity (Wildman–Crippen MR) is 86.5 cm³/mol. The third-order valence-corrected chi connectivity index (χ3v) is 4.37. The fourth-order valence-corrected chi connectivity index (χ4v) is 2.88. The minimum atomic E-state index is -0.305. The van der Waals surface area contributed by atoms with Crippen molar-refractivity contribution >= 4 is 35.0 Å². The van der Waals surface area contributed by atoms with Crippen molar-refractivity contribution in [2.45, 2.75) is 9.79 Å². The van der Waals surface area contributed by atoms with Crippen molar-refractivity contribution in [1.29, 1.82) is 0 Å². The third kappa shape index (κ3) is 3.50. The van der Waals surface area contributed by atoms with Crippen LogP contribution in [0.25, 0.3) is 0 Å². The average Bonchev–Trinajstić information content (AvgIpc) is 3.06. The van der Waals surface area contributed by atoms with E-state index in [4.69, 9.17) is 11.6 Å². The van der Waals surface area contributed by atoms with Crippen molar-refractivity contribution in [3.8, 4) is 0 Å². The first-order chi connectivity index (χ1) is 10.7. The van der Waals surface area contributed by atoms with Gasteiger partial charge in [-0.3, -0.25) is 4.79 Å². The topological polar surface area (TPSA) is 55.1 Å². The Morgan fingerprint density at radius 1 is 1.09 bits per heavy atom. The summed E-state index contributed by atoms with van der Waals surface area (Å²) < 4.78 is 4.64. The van der Waals surface area contributed by atoms with Gasteiger partial charge in [0.2, 0.25) is 0 Å². The molecular weight excluding hydrogens is 320 g/mol. The molecule has 0 fully saturated rings. The maximum absolute atomic E-state index is 11.8. The molecule has 0 aliphatic rings. The first-order valence-corrected chi connectivity index (χ1v) is 7.66. The van der Waals surface area contributed by atoms with E-state index >= 15 is 0 Å². The number of aromatic nitrogens is 1. The maximum atomic E-state index is 11.8. The highest BCUT2D eigenvalue weighted by molar-refractivity contribution is 7.99. The molecule has 3 rings (SSSR count). The van der Waals surface area contributed by atoms with Crippen LogP contribution < -0.4 is 5.32 Å². The van der Waals surface area contributed by atoms with Crippen LogP contribution in [0.1, 0.15) is 10.5 Å². The number of benzene rings is 2. The molecule has 22 heavy (non-hydrogen) atoms. The standard InChI is InChI=1S/C16H11ClN2O2S/c17-13-3-1-2-4-15(13)22-12-7-5-11(6-8-12)18-16(20)14-9-10-21-19-14/h1-10H,(H,18,20). The molecule has 0 saturated carbocycles. The summed E-state index contributed by atoms with van der Waals surface area (Å²) in [5.41, 5.74) is 0.936. The maximum Gasteiger partial charge on any atom is 0.277 e. The lowest BCUT2D eigenvalue weighted by Gasteiger charge is -2.06. The molecule has 0 bridgehead atoms. The molecule has 0 unspecified atom stereocenters. The van der Waals surface area contributed by atoms with Gasteiger partial charge in [0, 0.05) is 21.5 Å². The second-order valence-corrected chi connectivity index (χ2v) is 5.92. The number of hydrogen-bond acceptors (Lipinski definition) is 4. The van der Waals surface area contributed by atoms with Crippen LogP contribution in [0.4, 0.5) is 5.69 Å². The Balaban J connectivity index is 1.68. The van der Waals surface area contributed by atoms with Crippen LogP contribution in [0.15, 0.2) is 75.2 Å². The van der Waals surface area contributed by atoms with Gasteiger partial charge in [-0.2, -0.15) is 0 Å². The molecule has 1 N–H and O–H groups in total. The summed E-state index contributed by atoms with van der Waals surface area (Å²) in [5, 5.41) is 7.06. The summed E-state index contributed by atoms with van der Waals surface area (Å²) >= 11 is 7.71. The van der Waals surface area contributed by atoms with Crippen molar-refractivity contribution < 1.29 is 9.32 Å². The highest BCUT2D eigenvalue weighted by Gasteiger charge is 2.09. The Bertz CT molecular complexity index is 773. The molecule has 2 aromatic carbocycles. The van der Waals surface area contributed by atoms with E-state index in [0.717, 1.165) is 14.8 Å². The molecule has 0 spiro atoms. The zero-order valence-electron chi connectivity index (χ0n) is 11.3. The van der Waals surface area contributed by atoms with Crippen LogP contribution >= 0.6 is 23.4 Å². The van der Waals surface area contributed by atoms with Crippen molar-refractivity contribution in [3.05, 3.63) is 71.6 Å². The molecule has 0 aliphatic carbocycles. The number of hydrogen-bond donors (Lipinski definition) is 1. The lowest BCUT2D eigenvalue weighted by atomic mass is 10.3. The van der Waals surface area contributed by atoms with E-state index in [1.54, 1.807) is 11.8 Å². The fourth-order valence-electron chi connectivity index (χ4n) is 1.79. The number of nitrogens with one attached hydrogen (secondary N) is 1. The number of carbonyl (C=O) groups is 1. The SMILES string of the molecule is O=C(Nc1ccc(Sc2ccccc2Cl)cc1)c1ccon1. The molecule has 6 heteroatoms. The molecule has 1 aromatic heterocycles. The molecule has 0 atom stereocenters. The largest absolute Gasteiger partial charge is 0.364 e. The summed E-state index contributed by atoms with van der Waals surface area (Å²) in [5.74, 6) is -0.305. The number of halogens is 1. The zero-order valence-corrected chi connectivity index (χ0v) is 12.9. The van der Waals surface area contributed by atoms with Gasteiger partial charge in [0.05, 0.1) is 5.02 Å². The number of carbonyl (C=O) groups excluding carboxylic acids is 1. The van der Waals surface area contributed by atoms with Crippen LogP contribution in [0.2, 0.25) is 5.02 Å². The molecular formula is C16H11ClN2O2S. The summed E-state index contributed by atoms with van der Waals surface area (Å²) in [4.78, 5) is 13.9. The number of rotatable bonds is 4. The van der Waals surface area contributed by atoms with Crippen LogP contribution in [-0.4, -0.2) is 11.1 Å². The first-order valence-electron chi connectivity index (χ1n) is 6.46. The lowest BCUT2D eigenvalue weighted by Crippen LogP contribution is -2.11. The van der Waals surface area contributed by atoms with E-state index in [1.165, 1.54) is 12.3 Å². The number of anilines is 1. The van der Waals surface area contributed by atoms with Gasteiger partial charge in [-0.25, -0.2) is 0 Å². The van der Waals surface area contributed by atoms with E-state index < -0.39 is 0 Å². The van der Waals surface area contributed by atoms with Crippen molar-refractivity contribution in [3.63, 3.8) is 0 Å². The minimum absolute atomic E-state index is 0.245. The van der Waals surface area contributed by atoms with Crippen LogP contribution in [0.3, 0.4) is 0 Å². The highest BCUT2D eigenvalue weighted by atomic mass is 35.5. The Morgan fingerprint density at radius 2 is 1.86 bits per heavy atom. The second-order valence-electron chi connectivity index (χ2n) is 4.40. The van der Waals surface area contributed by atoms with Gasteiger partial charge in [0.15, 0.2) is 5.69 Å². The van der Waals surface area contributed by atoms with Crippen LogP contribution in [0, 0.1) is 0 Å². The fraction of sp³-hybridized carbons (Fsp3) is 0. The molecule has 1 amide bonds. The molecule has 1 heterocycles. The molecule has 4 nitrogen and oxygen atoms in total. The molecule has 0 aliphatic heterocycles. The van der Waals surface area contributed by atoms with Gasteiger partial charge in [-0.1, -0.05) is 40.7 Å². The summed E-state index contributed by atoms with van der Waals surface area (Å²) in [7, 11) is 0. The van der Waals surface area contributed by atoms with Crippen molar-refractivity contribution in [2.75, 3.05) is 5.32 Å². The summed E-state index contributed by atoms with van der Waals surface area (Å²) in [6.45, 7) is 0. The monoisotopic (exact) mass is 330 g/mol. The van der Waals surface area contributed by atoms with Crippen molar-refractivity contribution in [1.82, 2.24) is 5.16 Å². The van der Waals surface area contributed by atoms with E-state index in [0.29, 0.717) is 5.69 Å². The summed E-state index contributed by atoms with van der Waals surface area (Å²) in [6.07, 6.45) is 1.36. The molecule has 0 radical (unpaired) electrons. The Morgan fingerprint density at radius 3 is 2.55 bits per heavy atom. The van der Waals surface area contributed by atoms with Gasteiger partial charge in [0.1, 0.15) is 6.26 Å². The Hall–Kier alpha value is -2.24. The van der Waals surface area contributed by atoms with E-state index in [9.17, 15) is 4.79 Å². The summed E-state index contributed by atoms with van der Waals surface area (Å²) in [6, 6.07) is 16.7. The van der Waals surface area contributed by atoms with Gasteiger partial charge >= 0.3 is 0 Å². The molecule has 110 valence electrons. The third-order valence-electron chi connectivity index (χ3n) is 2.85. The van der Waals surface area contributed by atoms with E-state index in [2.05, 4.69) is 15.0 Å². The minimum Gasteiger partial charge on any atom is -0.364 e. The highest BCUT2D eigenvalue weighted by Crippen LogP contribution is 2.33. The lowest BCUT2D eigenvalue weighted by molar-refractivity contribution is 0.101. The normalized spacial score (nSPS) is 10.4. The Kier molecular flexibility index (Phi) is 4.46. The van der Waals surface area contributed by atoms with E-state index in [1.807, 2.05) is 48.5 Å². The second kappa shape index (κ2) is 6.68. The number of amides is 1. The van der Waals surface area contributed by atoms with Crippen LogP contribution in [0.5, 0.6) is 0 Å². The average molecular weight is 331 g/mol. The number of nitrogens with zero attached hydrogens (tertiary/aromatic N) is 1. The predicted octanol–water partition coefficient (Wildman–Crippen LogP) is 4.73. The van der Waals surface area contributed by atoms with Gasteiger partial charge in [-0.15, -0.1) is 0 Å². The zero-order chi connectivity index (χ0) is 15.4. The first kappa shape index (κ1) is 14.7. The smallest absolute Gasteiger partial charge is 0.277 e. The van der Waals surface area contributed by atoms with Gasteiger partial charge in [-0.05, 0) is 36.4 Å². The van der Waals surface area contributed by atoms with Gasteiger partial charge < -0.3 is 9.84 Å². The van der Waals surface area contributed by atoms with Crippen molar-refractivity contribution in [2.24, 2.45) is 0 Å². The van der Waals surface area contributed by atoms with Gasteiger partial charge in [0.25, 0.3) is 5.91 Å².